The number of fused-ring (bicyclic) bond motifs is 2. The molecule has 4 rings (SSSR count). The van der Waals surface area contributed by atoms with E-state index in [2.05, 4.69) is 6.92 Å². The van der Waals surface area contributed by atoms with Crippen LogP contribution in [0.2, 0.25) is 0 Å². The Balaban J connectivity index is 1.72. The minimum Gasteiger partial charge on any atom is -0.491 e. The molecule has 0 saturated carbocycles. The van der Waals surface area contributed by atoms with Gasteiger partial charge in [0, 0.05) is 0 Å². The van der Waals surface area contributed by atoms with Crippen LogP contribution in [0.25, 0.3) is 22.1 Å². The van der Waals surface area contributed by atoms with Crippen molar-refractivity contribution in [3.63, 3.8) is 0 Å². The first kappa shape index (κ1) is 16.3. The van der Waals surface area contributed by atoms with Gasteiger partial charge in [-0.05, 0) is 36.2 Å². The molecule has 0 fully saturated rings. The largest absolute Gasteiger partial charge is 0.491 e. The Labute approximate surface area is 152 Å². The van der Waals surface area contributed by atoms with E-state index in [0.717, 1.165) is 45.6 Å². The Morgan fingerprint density at radius 3 is 1.92 bits per heavy atom. The highest BCUT2D eigenvalue weighted by atomic mass is 16.5. The Kier molecular flexibility index (Phi) is 4.65. The van der Waals surface area contributed by atoms with E-state index in [9.17, 15) is 0 Å². The first-order valence-electron chi connectivity index (χ1n) is 8.84. The van der Waals surface area contributed by atoms with Crippen molar-refractivity contribution in [1.29, 1.82) is 0 Å². The lowest BCUT2D eigenvalue weighted by atomic mass is 10.2. The molecule has 0 radical (unpaired) electrons. The molecule has 130 valence electrons. The zero-order valence-electron chi connectivity index (χ0n) is 14.7. The first-order chi connectivity index (χ1) is 12.8. The highest BCUT2D eigenvalue weighted by Crippen LogP contribution is 2.29. The molecular formula is C22H20N2O2. The minimum atomic E-state index is 0.499. The van der Waals surface area contributed by atoms with Crippen molar-refractivity contribution < 1.29 is 9.47 Å². The number of rotatable bonds is 6. The van der Waals surface area contributed by atoms with Crippen LogP contribution in [0.4, 0.5) is 0 Å². The number of hydrogen-bond acceptors (Lipinski definition) is 4. The van der Waals surface area contributed by atoms with Crippen molar-refractivity contribution in [2.75, 3.05) is 6.61 Å². The quantitative estimate of drug-likeness (QED) is 0.454. The average Bonchev–Trinajstić information content (AvgIpc) is 2.70. The van der Waals surface area contributed by atoms with Crippen LogP contribution in [-0.2, 0) is 6.61 Å². The van der Waals surface area contributed by atoms with Gasteiger partial charge in [-0.2, -0.15) is 0 Å². The van der Waals surface area contributed by atoms with Gasteiger partial charge >= 0.3 is 0 Å². The molecule has 0 amide bonds. The smallest absolute Gasteiger partial charge is 0.147 e. The zero-order chi connectivity index (χ0) is 17.8. The molecule has 1 aromatic heterocycles. The molecule has 0 saturated heterocycles. The lowest BCUT2D eigenvalue weighted by Gasteiger charge is -2.11. The summed E-state index contributed by atoms with van der Waals surface area (Å²) in [5.41, 5.74) is 4.28. The van der Waals surface area contributed by atoms with Gasteiger partial charge in [-0.3, -0.25) is 0 Å². The Morgan fingerprint density at radius 1 is 0.692 bits per heavy atom. The molecule has 0 N–H and O–H groups in total. The van der Waals surface area contributed by atoms with E-state index < -0.39 is 0 Å². The van der Waals surface area contributed by atoms with E-state index in [1.54, 1.807) is 0 Å². The van der Waals surface area contributed by atoms with Gasteiger partial charge in [-0.1, -0.05) is 49.4 Å². The van der Waals surface area contributed by atoms with Crippen LogP contribution in [0.1, 0.15) is 18.9 Å². The monoisotopic (exact) mass is 344 g/mol. The van der Waals surface area contributed by atoms with Gasteiger partial charge in [0.15, 0.2) is 0 Å². The SMILES string of the molecule is CCCOc1cccc2nc3c(OCc4ccccc4)cccc3nc12. The lowest BCUT2D eigenvalue weighted by molar-refractivity contribution is 0.309. The number of para-hydroxylation sites is 2. The highest BCUT2D eigenvalue weighted by molar-refractivity contribution is 5.92. The molecule has 4 aromatic rings. The fourth-order valence-electron chi connectivity index (χ4n) is 2.85. The third kappa shape index (κ3) is 3.31. The number of aromatic nitrogens is 2. The third-order valence-corrected chi connectivity index (χ3v) is 4.12. The zero-order valence-corrected chi connectivity index (χ0v) is 14.7. The molecule has 26 heavy (non-hydrogen) atoms. The molecule has 0 aliphatic rings. The lowest BCUT2D eigenvalue weighted by Crippen LogP contribution is -1.99. The second-order valence-corrected chi connectivity index (χ2v) is 6.09. The summed E-state index contributed by atoms with van der Waals surface area (Å²) in [6.45, 7) is 3.25. The second-order valence-electron chi connectivity index (χ2n) is 6.09. The van der Waals surface area contributed by atoms with Gasteiger partial charge in [0.05, 0.1) is 17.6 Å². The van der Waals surface area contributed by atoms with Gasteiger partial charge in [0.1, 0.15) is 29.1 Å². The van der Waals surface area contributed by atoms with Gasteiger partial charge < -0.3 is 9.47 Å². The number of benzene rings is 3. The van der Waals surface area contributed by atoms with Crippen molar-refractivity contribution >= 4 is 22.1 Å². The molecule has 0 atom stereocenters. The average molecular weight is 344 g/mol. The number of hydrogen-bond donors (Lipinski definition) is 0. The van der Waals surface area contributed by atoms with Gasteiger partial charge in [0.25, 0.3) is 0 Å². The topological polar surface area (TPSA) is 44.2 Å². The summed E-state index contributed by atoms with van der Waals surface area (Å²) in [6.07, 6.45) is 0.953. The molecule has 0 unspecified atom stereocenters. The number of nitrogens with zero attached hydrogens (tertiary/aromatic N) is 2. The Hall–Kier alpha value is -3.14. The second kappa shape index (κ2) is 7.40. The molecule has 1 heterocycles. The fourth-order valence-corrected chi connectivity index (χ4v) is 2.85. The van der Waals surface area contributed by atoms with Crippen LogP contribution < -0.4 is 9.47 Å². The third-order valence-electron chi connectivity index (χ3n) is 4.12. The summed E-state index contributed by atoms with van der Waals surface area (Å²) in [5.74, 6) is 1.51. The molecule has 0 bridgehead atoms. The summed E-state index contributed by atoms with van der Waals surface area (Å²) in [4.78, 5) is 9.57. The maximum Gasteiger partial charge on any atom is 0.147 e. The van der Waals surface area contributed by atoms with E-state index in [4.69, 9.17) is 19.4 Å². The van der Waals surface area contributed by atoms with Gasteiger partial charge in [0.2, 0.25) is 0 Å². The summed E-state index contributed by atoms with van der Waals surface area (Å²) < 4.78 is 11.8. The van der Waals surface area contributed by atoms with Crippen molar-refractivity contribution in [1.82, 2.24) is 9.97 Å². The van der Waals surface area contributed by atoms with Crippen molar-refractivity contribution in [2.45, 2.75) is 20.0 Å². The summed E-state index contributed by atoms with van der Waals surface area (Å²) in [5, 5.41) is 0. The van der Waals surface area contributed by atoms with Crippen molar-refractivity contribution in [2.24, 2.45) is 0 Å². The first-order valence-corrected chi connectivity index (χ1v) is 8.84. The van der Waals surface area contributed by atoms with Crippen LogP contribution in [0, 0.1) is 0 Å². The van der Waals surface area contributed by atoms with Crippen LogP contribution in [0.15, 0.2) is 66.7 Å². The fraction of sp³-hybridized carbons (Fsp3) is 0.182. The number of ether oxygens (including phenoxy) is 2. The molecule has 0 aliphatic heterocycles. The minimum absolute atomic E-state index is 0.499. The molecule has 4 heteroatoms. The molecule has 4 nitrogen and oxygen atoms in total. The Bertz CT molecular complexity index is 1030. The maximum absolute atomic E-state index is 6.02. The highest BCUT2D eigenvalue weighted by Gasteiger charge is 2.10. The normalized spacial score (nSPS) is 11.0. The van der Waals surface area contributed by atoms with Crippen LogP contribution in [0.5, 0.6) is 11.5 Å². The van der Waals surface area contributed by atoms with Crippen LogP contribution >= 0.6 is 0 Å². The van der Waals surface area contributed by atoms with E-state index in [1.807, 2.05) is 66.7 Å². The van der Waals surface area contributed by atoms with E-state index in [0.29, 0.717) is 13.2 Å². The molecule has 3 aromatic carbocycles. The summed E-state index contributed by atoms with van der Waals surface area (Å²) in [7, 11) is 0. The van der Waals surface area contributed by atoms with Crippen LogP contribution in [-0.4, -0.2) is 16.6 Å². The molecule has 0 aliphatic carbocycles. The van der Waals surface area contributed by atoms with Crippen molar-refractivity contribution in [3.05, 3.63) is 72.3 Å². The maximum atomic E-state index is 6.02. The summed E-state index contributed by atoms with van der Waals surface area (Å²) >= 11 is 0. The Morgan fingerprint density at radius 2 is 1.31 bits per heavy atom. The predicted molar refractivity (Wildman–Crippen MR) is 104 cm³/mol. The summed E-state index contributed by atoms with van der Waals surface area (Å²) in [6, 6.07) is 21.8. The standard InChI is InChI=1S/C22H20N2O2/c1-2-14-25-19-12-6-10-17-21(19)23-18-11-7-13-20(22(18)24-17)26-15-16-8-4-3-5-9-16/h3-13H,2,14-15H2,1H3. The van der Waals surface area contributed by atoms with E-state index in [1.165, 1.54) is 0 Å². The van der Waals surface area contributed by atoms with E-state index >= 15 is 0 Å². The van der Waals surface area contributed by atoms with Crippen molar-refractivity contribution in [3.8, 4) is 11.5 Å². The van der Waals surface area contributed by atoms with Gasteiger partial charge in [-0.15, -0.1) is 0 Å². The van der Waals surface area contributed by atoms with Gasteiger partial charge in [-0.25, -0.2) is 9.97 Å². The molecular weight excluding hydrogens is 324 g/mol. The molecule has 0 spiro atoms. The van der Waals surface area contributed by atoms with E-state index in [-0.39, 0.29) is 0 Å². The predicted octanol–water partition coefficient (Wildman–Crippen LogP) is 5.15. The van der Waals surface area contributed by atoms with Crippen LogP contribution in [0.3, 0.4) is 0 Å².